The molecule has 0 aliphatic carbocycles. The average Bonchev–Trinajstić information content (AvgIpc) is 2.53. The molecule has 8 nitrogen and oxygen atoms in total. The van der Waals surface area contributed by atoms with Crippen LogP contribution in [0.5, 0.6) is 0 Å². The first-order chi connectivity index (χ1) is 11.7. The third-order valence-electron chi connectivity index (χ3n) is 3.74. The normalized spacial score (nSPS) is 15.7. The molecule has 0 saturated carbocycles. The molecule has 136 valence electrons. The molecule has 2 rings (SSSR count). The van der Waals surface area contributed by atoms with E-state index < -0.39 is 10.5 Å². The number of rotatable bonds is 4. The summed E-state index contributed by atoms with van der Waals surface area (Å²) in [4.78, 5) is 38.2. The zero-order valence-corrected chi connectivity index (χ0v) is 14.7. The second-order valence-electron chi connectivity index (χ2n) is 6.96. The van der Waals surface area contributed by atoms with Crippen molar-refractivity contribution < 1.29 is 19.2 Å². The van der Waals surface area contributed by atoms with Gasteiger partial charge in [0.05, 0.1) is 11.5 Å². The van der Waals surface area contributed by atoms with E-state index in [1.54, 1.807) is 11.0 Å². The fourth-order valence-corrected chi connectivity index (χ4v) is 2.60. The highest BCUT2D eigenvalue weighted by Gasteiger charge is 2.25. The summed E-state index contributed by atoms with van der Waals surface area (Å²) in [5, 5.41) is 10.8. The highest BCUT2D eigenvalue weighted by atomic mass is 16.6. The SMILES string of the molecule is CC(C)(C)OC(=O)CN1CCN(C(=O)c2cccc([N+](=O)[O-])c2)CC1. The highest BCUT2D eigenvalue weighted by Crippen LogP contribution is 2.16. The van der Waals surface area contributed by atoms with Gasteiger partial charge in [-0.1, -0.05) is 6.07 Å². The van der Waals surface area contributed by atoms with Crippen molar-refractivity contribution in [3.8, 4) is 0 Å². The van der Waals surface area contributed by atoms with E-state index in [-0.39, 0.29) is 24.1 Å². The molecular formula is C17H23N3O5. The molecule has 1 aliphatic heterocycles. The number of amides is 1. The number of nitrogens with zero attached hydrogens (tertiary/aromatic N) is 3. The first-order valence-electron chi connectivity index (χ1n) is 8.13. The summed E-state index contributed by atoms with van der Waals surface area (Å²) in [5.41, 5.74) is -0.319. The van der Waals surface area contributed by atoms with Crippen molar-refractivity contribution >= 4 is 17.6 Å². The molecule has 0 aromatic heterocycles. The van der Waals surface area contributed by atoms with Crippen molar-refractivity contribution in [1.29, 1.82) is 0 Å². The maximum atomic E-state index is 12.5. The van der Waals surface area contributed by atoms with Crippen LogP contribution in [0.1, 0.15) is 31.1 Å². The first kappa shape index (κ1) is 18.9. The summed E-state index contributed by atoms with van der Waals surface area (Å²) in [7, 11) is 0. The Morgan fingerprint density at radius 1 is 1.20 bits per heavy atom. The van der Waals surface area contributed by atoms with Crippen molar-refractivity contribution in [2.75, 3.05) is 32.7 Å². The second-order valence-corrected chi connectivity index (χ2v) is 6.96. The maximum Gasteiger partial charge on any atom is 0.320 e. The molecular weight excluding hydrogens is 326 g/mol. The fourth-order valence-electron chi connectivity index (χ4n) is 2.60. The van der Waals surface area contributed by atoms with Crippen LogP contribution in [0.4, 0.5) is 5.69 Å². The van der Waals surface area contributed by atoms with Gasteiger partial charge in [0.2, 0.25) is 0 Å². The predicted molar refractivity (Wildman–Crippen MR) is 91.3 cm³/mol. The van der Waals surface area contributed by atoms with Gasteiger partial charge in [-0.15, -0.1) is 0 Å². The molecule has 0 spiro atoms. The molecule has 0 N–H and O–H groups in total. The molecule has 1 aromatic rings. The van der Waals surface area contributed by atoms with Gasteiger partial charge in [0.1, 0.15) is 5.60 Å². The number of nitro benzene ring substituents is 1. The number of carbonyl (C=O) groups excluding carboxylic acids is 2. The Morgan fingerprint density at radius 2 is 1.84 bits per heavy atom. The summed E-state index contributed by atoms with van der Waals surface area (Å²) in [5.74, 6) is -0.522. The maximum absolute atomic E-state index is 12.5. The number of benzene rings is 1. The Kier molecular flexibility index (Phi) is 5.73. The zero-order chi connectivity index (χ0) is 18.6. The number of carbonyl (C=O) groups is 2. The minimum Gasteiger partial charge on any atom is -0.459 e. The van der Waals surface area contributed by atoms with Crippen LogP contribution < -0.4 is 0 Å². The standard InChI is InChI=1S/C17H23N3O5/c1-17(2,3)25-15(21)12-18-7-9-19(10-8-18)16(22)13-5-4-6-14(11-13)20(23)24/h4-6,11H,7-10,12H2,1-3H3. The van der Waals surface area contributed by atoms with E-state index in [0.29, 0.717) is 31.7 Å². The molecule has 8 heteroatoms. The van der Waals surface area contributed by atoms with E-state index in [9.17, 15) is 19.7 Å². The third-order valence-corrected chi connectivity index (χ3v) is 3.74. The lowest BCUT2D eigenvalue weighted by atomic mass is 10.1. The quantitative estimate of drug-likeness (QED) is 0.467. The third kappa shape index (κ3) is 5.53. The Labute approximate surface area is 146 Å². The highest BCUT2D eigenvalue weighted by molar-refractivity contribution is 5.94. The van der Waals surface area contributed by atoms with Gasteiger partial charge in [-0.25, -0.2) is 0 Å². The molecule has 0 unspecified atom stereocenters. The molecule has 1 aliphatic rings. The number of non-ortho nitro benzene ring substituents is 1. The lowest BCUT2D eigenvalue weighted by Crippen LogP contribution is -2.50. The number of hydrogen-bond acceptors (Lipinski definition) is 6. The van der Waals surface area contributed by atoms with E-state index in [1.807, 2.05) is 25.7 Å². The van der Waals surface area contributed by atoms with Crippen LogP contribution in [-0.4, -0.2) is 64.9 Å². The van der Waals surface area contributed by atoms with Gasteiger partial charge in [0, 0.05) is 43.9 Å². The Hall–Kier alpha value is -2.48. The average molecular weight is 349 g/mol. The molecule has 1 heterocycles. The van der Waals surface area contributed by atoms with Crippen molar-refractivity contribution in [1.82, 2.24) is 9.80 Å². The molecule has 1 fully saturated rings. The molecule has 1 saturated heterocycles. The first-order valence-corrected chi connectivity index (χ1v) is 8.13. The van der Waals surface area contributed by atoms with Crippen LogP contribution in [0.3, 0.4) is 0 Å². The van der Waals surface area contributed by atoms with Crippen molar-refractivity contribution in [3.63, 3.8) is 0 Å². The van der Waals surface area contributed by atoms with E-state index >= 15 is 0 Å². The summed E-state index contributed by atoms with van der Waals surface area (Å²) in [6, 6.07) is 5.72. The van der Waals surface area contributed by atoms with Gasteiger partial charge in [0.15, 0.2) is 0 Å². The molecule has 0 bridgehead atoms. The Morgan fingerprint density at radius 3 is 2.40 bits per heavy atom. The Bertz CT molecular complexity index is 660. The van der Waals surface area contributed by atoms with Crippen molar-refractivity contribution in [3.05, 3.63) is 39.9 Å². The number of piperazine rings is 1. The molecule has 1 amide bonds. The largest absolute Gasteiger partial charge is 0.459 e. The number of ether oxygens (including phenoxy) is 1. The van der Waals surface area contributed by atoms with Gasteiger partial charge in [0.25, 0.3) is 11.6 Å². The fraction of sp³-hybridized carbons (Fsp3) is 0.529. The van der Waals surface area contributed by atoms with Crippen LogP contribution in [0.2, 0.25) is 0 Å². The van der Waals surface area contributed by atoms with Crippen LogP contribution in [0, 0.1) is 10.1 Å². The lowest BCUT2D eigenvalue weighted by Gasteiger charge is -2.34. The van der Waals surface area contributed by atoms with E-state index in [0.717, 1.165) is 0 Å². The van der Waals surface area contributed by atoms with Gasteiger partial charge >= 0.3 is 5.97 Å². The van der Waals surface area contributed by atoms with Gasteiger partial charge in [-0.3, -0.25) is 24.6 Å². The summed E-state index contributed by atoms with van der Waals surface area (Å²) >= 11 is 0. The second kappa shape index (κ2) is 7.60. The molecule has 0 atom stereocenters. The minimum absolute atomic E-state index is 0.102. The van der Waals surface area contributed by atoms with Gasteiger partial charge in [-0.05, 0) is 26.8 Å². The summed E-state index contributed by atoms with van der Waals surface area (Å²) in [6.07, 6.45) is 0. The van der Waals surface area contributed by atoms with Crippen LogP contribution in [0.15, 0.2) is 24.3 Å². The van der Waals surface area contributed by atoms with Crippen molar-refractivity contribution in [2.24, 2.45) is 0 Å². The molecule has 1 aromatic carbocycles. The number of esters is 1. The van der Waals surface area contributed by atoms with Crippen LogP contribution in [-0.2, 0) is 9.53 Å². The minimum atomic E-state index is -0.518. The van der Waals surface area contributed by atoms with E-state index in [1.165, 1.54) is 18.2 Å². The van der Waals surface area contributed by atoms with E-state index in [2.05, 4.69) is 0 Å². The Balaban J connectivity index is 1.89. The monoisotopic (exact) mass is 349 g/mol. The molecule has 25 heavy (non-hydrogen) atoms. The lowest BCUT2D eigenvalue weighted by molar-refractivity contribution is -0.384. The van der Waals surface area contributed by atoms with E-state index in [4.69, 9.17) is 4.74 Å². The number of hydrogen-bond donors (Lipinski definition) is 0. The topological polar surface area (TPSA) is 93.0 Å². The van der Waals surface area contributed by atoms with Crippen LogP contribution >= 0.6 is 0 Å². The predicted octanol–water partition coefficient (Wildman–Crippen LogP) is 1.69. The van der Waals surface area contributed by atoms with Crippen LogP contribution in [0.25, 0.3) is 0 Å². The van der Waals surface area contributed by atoms with Crippen molar-refractivity contribution in [2.45, 2.75) is 26.4 Å². The van der Waals surface area contributed by atoms with Gasteiger partial charge in [-0.2, -0.15) is 0 Å². The number of nitro groups is 1. The summed E-state index contributed by atoms with van der Waals surface area (Å²) < 4.78 is 5.29. The summed E-state index contributed by atoms with van der Waals surface area (Å²) in [6.45, 7) is 7.69. The zero-order valence-electron chi connectivity index (χ0n) is 14.7. The molecule has 0 radical (unpaired) electrons. The van der Waals surface area contributed by atoms with Gasteiger partial charge < -0.3 is 9.64 Å². The smallest absolute Gasteiger partial charge is 0.320 e.